The predicted molar refractivity (Wildman–Crippen MR) is 129 cm³/mol. The molecule has 0 fully saturated rings. The molecule has 38 heavy (non-hydrogen) atoms. The minimum Gasteiger partial charge on any atom is -0.389 e. The number of terminal acetylenes is 1. The van der Waals surface area contributed by atoms with Crippen LogP contribution in [0, 0.1) is 18.2 Å². The lowest BCUT2D eigenvalue weighted by molar-refractivity contribution is -0.137. The molecule has 10 nitrogen and oxygen atoms in total. The second-order valence-corrected chi connectivity index (χ2v) is 10.4. The van der Waals surface area contributed by atoms with Crippen molar-refractivity contribution in [3.05, 3.63) is 48.2 Å². The topological polar surface area (TPSA) is 131 Å². The van der Waals surface area contributed by atoms with Crippen LogP contribution in [0.1, 0.15) is 19.4 Å². The van der Waals surface area contributed by atoms with Crippen molar-refractivity contribution in [3.8, 4) is 23.6 Å². The van der Waals surface area contributed by atoms with Crippen molar-refractivity contribution in [1.29, 1.82) is 0 Å². The van der Waals surface area contributed by atoms with Gasteiger partial charge in [0, 0.05) is 24.5 Å². The average molecular weight is 557 g/mol. The number of hydrogen-bond acceptors (Lipinski definition) is 8. The summed E-state index contributed by atoms with van der Waals surface area (Å²) in [7, 11) is -4.07. The maximum Gasteiger partial charge on any atom is 0.419 e. The standard InChI is InChI=1S/C23H24F4N6O4S/c1-4-8-37-9-7-30-38(35,36)16-5-6-19(18(24)10-16)31-21-28-12-17(23(25,26)27)20(32-21)15-11-29-33(13-15)14-22(2,3)34/h1,5-6,10-13,30,34H,7-9,14H2,2-3H3,(H,28,31,32). The van der Waals surface area contributed by atoms with Crippen LogP contribution in [0.15, 0.2) is 41.7 Å². The van der Waals surface area contributed by atoms with Crippen LogP contribution in [-0.2, 0) is 27.5 Å². The number of benzene rings is 1. The van der Waals surface area contributed by atoms with E-state index in [0.717, 1.165) is 24.4 Å². The maximum atomic E-state index is 14.7. The number of ether oxygens (including phenoxy) is 1. The molecule has 3 rings (SSSR count). The van der Waals surface area contributed by atoms with Crippen molar-refractivity contribution >= 4 is 21.7 Å². The first-order valence-corrected chi connectivity index (χ1v) is 12.4. The number of halogens is 4. The van der Waals surface area contributed by atoms with E-state index in [-0.39, 0.29) is 48.4 Å². The Balaban J connectivity index is 1.85. The number of rotatable bonds is 11. The van der Waals surface area contributed by atoms with E-state index in [9.17, 15) is 31.1 Å². The molecule has 2 aromatic heterocycles. The highest BCUT2D eigenvalue weighted by atomic mass is 32.2. The van der Waals surface area contributed by atoms with Gasteiger partial charge < -0.3 is 15.2 Å². The van der Waals surface area contributed by atoms with Crippen molar-refractivity contribution in [3.63, 3.8) is 0 Å². The summed E-state index contributed by atoms with van der Waals surface area (Å²) in [6, 6.07) is 2.92. The molecule has 3 N–H and O–H groups in total. The second-order valence-electron chi connectivity index (χ2n) is 8.61. The molecule has 0 saturated heterocycles. The lowest BCUT2D eigenvalue weighted by Crippen LogP contribution is -2.27. The SMILES string of the molecule is C#CCOCCNS(=O)(=O)c1ccc(Nc2ncc(C(F)(F)F)c(-c3cnn(CC(C)(C)O)c3)n2)c(F)c1. The van der Waals surface area contributed by atoms with Crippen LogP contribution >= 0.6 is 0 Å². The summed E-state index contributed by atoms with van der Waals surface area (Å²) in [6.45, 7) is 2.96. The van der Waals surface area contributed by atoms with Crippen molar-refractivity contribution in [2.45, 2.75) is 37.1 Å². The molecule has 0 unspecified atom stereocenters. The van der Waals surface area contributed by atoms with Crippen molar-refractivity contribution < 1.29 is 35.8 Å². The molecule has 0 spiro atoms. The number of nitrogens with one attached hydrogen (secondary N) is 2. The van der Waals surface area contributed by atoms with Crippen LogP contribution in [0.3, 0.4) is 0 Å². The Bertz CT molecular complexity index is 1430. The van der Waals surface area contributed by atoms with Gasteiger partial charge in [0.2, 0.25) is 16.0 Å². The lowest BCUT2D eigenvalue weighted by Gasteiger charge is -2.16. The average Bonchev–Trinajstić information content (AvgIpc) is 3.26. The van der Waals surface area contributed by atoms with E-state index < -0.39 is 38.9 Å². The van der Waals surface area contributed by atoms with Crippen LogP contribution < -0.4 is 10.0 Å². The van der Waals surface area contributed by atoms with Crippen molar-refractivity contribution in [1.82, 2.24) is 24.5 Å². The van der Waals surface area contributed by atoms with E-state index in [4.69, 9.17) is 11.2 Å². The van der Waals surface area contributed by atoms with Gasteiger partial charge in [-0.05, 0) is 32.0 Å². The smallest absolute Gasteiger partial charge is 0.389 e. The summed E-state index contributed by atoms with van der Waals surface area (Å²) in [4.78, 5) is 7.16. The number of hydrogen-bond donors (Lipinski definition) is 3. The molecule has 0 atom stereocenters. The van der Waals surface area contributed by atoms with Crippen LogP contribution in [-0.4, -0.2) is 58.6 Å². The van der Waals surface area contributed by atoms with E-state index >= 15 is 0 Å². The van der Waals surface area contributed by atoms with Gasteiger partial charge in [0.1, 0.15) is 18.0 Å². The van der Waals surface area contributed by atoms with Crippen molar-refractivity contribution in [2.75, 3.05) is 25.1 Å². The van der Waals surface area contributed by atoms with Crippen LogP contribution in [0.4, 0.5) is 29.2 Å². The lowest BCUT2D eigenvalue weighted by atomic mass is 10.1. The molecule has 0 radical (unpaired) electrons. The van der Waals surface area contributed by atoms with Crippen molar-refractivity contribution in [2.24, 2.45) is 0 Å². The largest absolute Gasteiger partial charge is 0.419 e. The maximum absolute atomic E-state index is 14.7. The van der Waals surface area contributed by atoms with Gasteiger partial charge in [0.05, 0.1) is 41.2 Å². The minimum atomic E-state index is -4.80. The molecular weight excluding hydrogens is 532 g/mol. The molecule has 0 amide bonds. The Kier molecular flexibility index (Phi) is 8.72. The minimum absolute atomic E-state index is 0.00757. The number of anilines is 2. The van der Waals surface area contributed by atoms with E-state index in [1.807, 2.05) is 0 Å². The van der Waals surface area contributed by atoms with Gasteiger partial charge in [-0.3, -0.25) is 4.68 Å². The number of aliphatic hydroxyl groups is 1. The first kappa shape index (κ1) is 29.0. The summed E-state index contributed by atoms with van der Waals surface area (Å²) in [5.74, 6) is 0.840. The first-order valence-electron chi connectivity index (χ1n) is 11.0. The number of aromatic nitrogens is 4. The van der Waals surface area contributed by atoms with Gasteiger partial charge >= 0.3 is 6.18 Å². The molecule has 0 saturated carbocycles. The zero-order chi connectivity index (χ0) is 28.1. The van der Waals surface area contributed by atoms with Gasteiger partial charge in [-0.2, -0.15) is 18.3 Å². The highest BCUT2D eigenvalue weighted by Crippen LogP contribution is 2.36. The number of sulfonamides is 1. The fourth-order valence-electron chi connectivity index (χ4n) is 3.19. The van der Waals surface area contributed by atoms with E-state index in [1.165, 1.54) is 24.7 Å². The Morgan fingerprint density at radius 3 is 2.61 bits per heavy atom. The fourth-order valence-corrected chi connectivity index (χ4v) is 4.21. The van der Waals surface area contributed by atoms with Gasteiger partial charge in [-0.25, -0.2) is 27.5 Å². The monoisotopic (exact) mass is 556 g/mol. The first-order chi connectivity index (χ1) is 17.7. The normalized spacial score (nSPS) is 12.4. The molecular formula is C23H24F4N6O4S. The quantitative estimate of drug-likeness (QED) is 0.187. The van der Waals surface area contributed by atoms with Crippen LogP contribution in [0.5, 0.6) is 0 Å². The third-order valence-corrected chi connectivity index (χ3v) is 6.23. The molecule has 1 aromatic carbocycles. The Hall–Kier alpha value is -3.58. The molecule has 0 bridgehead atoms. The number of alkyl halides is 3. The van der Waals surface area contributed by atoms with Crippen LogP contribution in [0.2, 0.25) is 0 Å². The molecule has 2 heterocycles. The molecule has 3 aromatic rings. The van der Waals surface area contributed by atoms with E-state index in [0.29, 0.717) is 6.20 Å². The molecule has 204 valence electrons. The highest BCUT2D eigenvalue weighted by Gasteiger charge is 2.36. The zero-order valence-electron chi connectivity index (χ0n) is 20.3. The zero-order valence-corrected chi connectivity index (χ0v) is 21.1. The van der Waals surface area contributed by atoms with E-state index in [2.05, 4.69) is 31.0 Å². The molecule has 15 heteroatoms. The Labute approximate surface area is 216 Å². The van der Waals surface area contributed by atoms with E-state index in [1.54, 1.807) is 0 Å². The Morgan fingerprint density at radius 2 is 1.97 bits per heavy atom. The molecule has 0 aliphatic rings. The Morgan fingerprint density at radius 1 is 1.24 bits per heavy atom. The fraction of sp³-hybridized carbons (Fsp3) is 0.348. The highest BCUT2D eigenvalue weighted by molar-refractivity contribution is 7.89. The molecule has 0 aliphatic carbocycles. The summed E-state index contributed by atoms with van der Waals surface area (Å²) >= 11 is 0. The summed E-state index contributed by atoms with van der Waals surface area (Å²) in [5, 5.41) is 16.4. The van der Waals surface area contributed by atoms with Gasteiger partial charge in [0.25, 0.3) is 0 Å². The van der Waals surface area contributed by atoms with Gasteiger partial charge in [-0.15, -0.1) is 6.42 Å². The number of nitrogens with zero attached hydrogens (tertiary/aromatic N) is 4. The second kappa shape index (κ2) is 11.4. The third-order valence-electron chi connectivity index (χ3n) is 4.77. The van der Waals surface area contributed by atoms with Gasteiger partial charge in [-0.1, -0.05) is 5.92 Å². The van der Waals surface area contributed by atoms with Crippen LogP contribution in [0.25, 0.3) is 11.3 Å². The van der Waals surface area contributed by atoms with Gasteiger partial charge in [0.15, 0.2) is 0 Å². The summed E-state index contributed by atoms with van der Waals surface area (Å²) in [5.41, 5.74) is -3.12. The predicted octanol–water partition coefficient (Wildman–Crippen LogP) is 2.94. The summed E-state index contributed by atoms with van der Waals surface area (Å²) in [6.07, 6.45) is 3.20. The molecule has 0 aliphatic heterocycles. The summed E-state index contributed by atoms with van der Waals surface area (Å²) < 4.78 is 88.8. The third kappa shape index (κ3) is 7.71.